The molecule has 2 aliphatic heterocycles. The Morgan fingerprint density at radius 3 is 3.38 bits per heavy atom. The van der Waals surface area contributed by atoms with Gasteiger partial charge in [-0.1, -0.05) is 18.2 Å². The van der Waals surface area contributed by atoms with Crippen LogP contribution in [0.4, 0.5) is 0 Å². The van der Waals surface area contributed by atoms with E-state index in [2.05, 4.69) is 33.6 Å². The molecule has 0 aromatic rings. The Morgan fingerprint density at radius 2 is 2.38 bits per heavy atom. The maximum absolute atomic E-state index is 4.33. The van der Waals surface area contributed by atoms with Gasteiger partial charge in [0, 0.05) is 12.4 Å². The van der Waals surface area contributed by atoms with E-state index in [0.29, 0.717) is 6.04 Å². The summed E-state index contributed by atoms with van der Waals surface area (Å²) in [6, 6.07) is 0.665. The minimum Gasteiger partial charge on any atom is -0.336 e. The lowest BCUT2D eigenvalue weighted by Crippen LogP contribution is -2.34. The number of hydrogen-bond acceptors (Lipinski definition) is 3. The first-order valence-corrected chi connectivity index (χ1v) is 4.45. The lowest BCUT2D eigenvalue weighted by atomic mass is 10.0. The Balaban J connectivity index is 1.95. The van der Waals surface area contributed by atoms with Crippen LogP contribution in [0.2, 0.25) is 0 Å². The fourth-order valence-corrected chi connectivity index (χ4v) is 1.94. The fraction of sp³-hybridized carbons (Fsp3) is 0.300. The first kappa shape index (κ1) is 7.09. The van der Waals surface area contributed by atoms with Gasteiger partial charge in [0.1, 0.15) is 0 Å². The highest BCUT2D eigenvalue weighted by atomic mass is 15.4. The number of nitrogens with one attached hydrogen (secondary N) is 1. The van der Waals surface area contributed by atoms with Crippen molar-refractivity contribution in [2.24, 2.45) is 4.99 Å². The third-order valence-electron chi connectivity index (χ3n) is 2.55. The normalized spacial score (nSPS) is 39.4. The van der Waals surface area contributed by atoms with Gasteiger partial charge in [-0.05, 0) is 12.2 Å². The van der Waals surface area contributed by atoms with Crippen molar-refractivity contribution in [2.75, 3.05) is 0 Å². The van der Waals surface area contributed by atoms with Crippen molar-refractivity contribution < 1.29 is 0 Å². The molecule has 3 atom stereocenters. The molecule has 3 aliphatic rings. The second kappa shape index (κ2) is 2.57. The van der Waals surface area contributed by atoms with Gasteiger partial charge in [0.25, 0.3) is 0 Å². The van der Waals surface area contributed by atoms with Crippen LogP contribution in [-0.4, -0.2) is 29.5 Å². The summed E-state index contributed by atoms with van der Waals surface area (Å²) in [5.74, 6) is 0. The molecule has 3 heteroatoms. The zero-order valence-electron chi connectivity index (χ0n) is 7.09. The SMILES string of the molecule is [C]1=CC=CC2C1NC1N=CC=CN12. The van der Waals surface area contributed by atoms with Crippen molar-refractivity contribution in [1.29, 1.82) is 0 Å². The Kier molecular flexibility index (Phi) is 1.40. The summed E-state index contributed by atoms with van der Waals surface area (Å²) in [6.07, 6.45) is 15.4. The van der Waals surface area contributed by atoms with Crippen LogP contribution in [-0.2, 0) is 0 Å². The molecule has 0 amide bonds. The van der Waals surface area contributed by atoms with Gasteiger partial charge in [-0.2, -0.15) is 0 Å². The minimum atomic E-state index is 0.101. The Labute approximate surface area is 77.1 Å². The molecule has 0 aromatic heterocycles. The molecule has 3 rings (SSSR count). The molecule has 2 heterocycles. The molecule has 0 spiro atoms. The molecule has 1 N–H and O–H groups in total. The highest BCUT2D eigenvalue weighted by Gasteiger charge is 2.37. The lowest BCUT2D eigenvalue weighted by Gasteiger charge is -2.26. The van der Waals surface area contributed by atoms with E-state index in [1.165, 1.54) is 0 Å². The number of hydrogen-bond donors (Lipinski definition) is 1. The Morgan fingerprint density at radius 1 is 1.38 bits per heavy atom. The highest BCUT2D eigenvalue weighted by molar-refractivity contribution is 5.72. The first-order chi connectivity index (χ1) is 6.45. The van der Waals surface area contributed by atoms with E-state index in [9.17, 15) is 0 Å². The Hall–Kier alpha value is -1.35. The van der Waals surface area contributed by atoms with Crippen molar-refractivity contribution >= 4 is 6.21 Å². The number of nitrogens with zero attached hydrogens (tertiary/aromatic N) is 2. The van der Waals surface area contributed by atoms with Crippen LogP contribution in [0.1, 0.15) is 0 Å². The molecule has 0 saturated carbocycles. The average Bonchev–Trinajstić information content (AvgIpc) is 2.56. The van der Waals surface area contributed by atoms with Crippen molar-refractivity contribution in [1.82, 2.24) is 10.2 Å². The standard InChI is InChI=1S/C10H10N3/c1-2-5-9-8(4-1)12-10-11-6-3-7-13(9)10/h1-3,5-10,12H. The van der Waals surface area contributed by atoms with Crippen LogP contribution in [0.15, 0.2) is 35.5 Å². The van der Waals surface area contributed by atoms with E-state index in [1.807, 2.05) is 24.4 Å². The summed E-state index contributed by atoms with van der Waals surface area (Å²) < 4.78 is 0. The van der Waals surface area contributed by atoms with E-state index < -0.39 is 0 Å². The maximum Gasteiger partial charge on any atom is 0.176 e. The van der Waals surface area contributed by atoms with Gasteiger partial charge in [0.2, 0.25) is 0 Å². The zero-order chi connectivity index (χ0) is 8.67. The predicted octanol–water partition coefficient (Wildman–Crippen LogP) is 0.440. The molecular formula is C10H10N3. The highest BCUT2D eigenvalue weighted by Crippen LogP contribution is 2.23. The van der Waals surface area contributed by atoms with Gasteiger partial charge >= 0.3 is 0 Å². The third-order valence-corrected chi connectivity index (χ3v) is 2.55. The fourth-order valence-electron chi connectivity index (χ4n) is 1.94. The third kappa shape index (κ3) is 0.971. The number of allylic oxidation sites excluding steroid dienone is 3. The van der Waals surface area contributed by atoms with E-state index in [-0.39, 0.29) is 12.3 Å². The van der Waals surface area contributed by atoms with Gasteiger partial charge in [0.15, 0.2) is 6.29 Å². The topological polar surface area (TPSA) is 27.6 Å². The van der Waals surface area contributed by atoms with E-state index in [4.69, 9.17) is 0 Å². The van der Waals surface area contributed by atoms with E-state index in [1.54, 1.807) is 0 Å². The number of rotatable bonds is 0. The van der Waals surface area contributed by atoms with Crippen LogP contribution in [0.3, 0.4) is 0 Å². The predicted molar refractivity (Wildman–Crippen MR) is 50.9 cm³/mol. The van der Waals surface area contributed by atoms with Crippen LogP contribution < -0.4 is 5.32 Å². The van der Waals surface area contributed by atoms with Gasteiger partial charge in [-0.25, -0.2) is 0 Å². The average molecular weight is 172 g/mol. The van der Waals surface area contributed by atoms with Crippen molar-refractivity contribution in [2.45, 2.75) is 18.4 Å². The second-order valence-electron chi connectivity index (χ2n) is 3.31. The molecule has 1 fully saturated rings. The quantitative estimate of drug-likeness (QED) is 0.574. The largest absolute Gasteiger partial charge is 0.336 e. The van der Waals surface area contributed by atoms with Crippen molar-refractivity contribution in [3.8, 4) is 0 Å². The van der Waals surface area contributed by atoms with Crippen LogP contribution in [0.5, 0.6) is 0 Å². The van der Waals surface area contributed by atoms with Crippen molar-refractivity contribution in [3.05, 3.63) is 36.6 Å². The summed E-state index contributed by atoms with van der Waals surface area (Å²) in [7, 11) is 0. The molecule has 0 aromatic carbocycles. The lowest BCUT2D eigenvalue weighted by molar-refractivity contribution is 0.302. The van der Waals surface area contributed by atoms with Gasteiger partial charge in [0.05, 0.1) is 12.1 Å². The molecule has 13 heavy (non-hydrogen) atoms. The summed E-state index contributed by atoms with van der Waals surface area (Å²) in [6.45, 7) is 0. The summed E-state index contributed by atoms with van der Waals surface area (Å²) >= 11 is 0. The van der Waals surface area contributed by atoms with Gasteiger partial charge in [-0.15, -0.1) is 0 Å². The van der Waals surface area contributed by atoms with Gasteiger partial charge < -0.3 is 4.90 Å². The monoisotopic (exact) mass is 172 g/mol. The molecular weight excluding hydrogens is 162 g/mol. The first-order valence-electron chi connectivity index (χ1n) is 4.45. The molecule has 3 nitrogen and oxygen atoms in total. The molecule has 1 saturated heterocycles. The molecule has 3 unspecified atom stereocenters. The van der Waals surface area contributed by atoms with Crippen LogP contribution in [0.25, 0.3) is 0 Å². The molecule has 0 bridgehead atoms. The van der Waals surface area contributed by atoms with Crippen LogP contribution >= 0.6 is 0 Å². The molecule has 65 valence electrons. The molecule has 1 radical (unpaired) electrons. The summed E-state index contributed by atoms with van der Waals surface area (Å²) in [5, 5.41) is 3.38. The zero-order valence-corrected chi connectivity index (χ0v) is 7.09. The summed E-state index contributed by atoms with van der Waals surface area (Å²) in [5.41, 5.74) is 0. The van der Waals surface area contributed by atoms with Gasteiger partial charge in [-0.3, -0.25) is 10.3 Å². The van der Waals surface area contributed by atoms with E-state index >= 15 is 0 Å². The van der Waals surface area contributed by atoms with E-state index in [0.717, 1.165) is 0 Å². The molecule has 1 aliphatic carbocycles. The maximum atomic E-state index is 4.33. The number of fused-ring (bicyclic) bond motifs is 3. The smallest absolute Gasteiger partial charge is 0.176 e. The summed E-state index contributed by atoms with van der Waals surface area (Å²) in [4.78, 5) is 6.54. The number of aliphatic imine (C=N–C) groups is 1. The minimum absolute atomic E-state index is 0.101. The van der Waals surface area contributed by atoms with Crippen LogP contribution in [0, 0.1) is 6.08 Å². The Bertz CT molecular complexity index is 295. The second-order valence-corrected chi connectivity index (χ2v) is 3.31. The van der Waals surface area contributed by atoms with Crippen molar-refractivity contribution in [3.63, 3.8) is 0 Å².